The molecule has 0 saturated heterocycles. The first-order chi connectivity index (χ1) is 11.6. The van der Waals surface area contributed by atoms with Gasteiger partial charge in [-0.2, -0.15) is 0 Å². The number of unbranched alkanes of at least 4 members (excludes halogenated alkanes) is 2. The fourth-order valence-corrected chi connectivity index (χ4v) is 2.28. The molecule has 0 unspecified atom stereocenters. The van der Waals surface area contributed by atoms with Gasteiger partial charge < -0.3 is 10.2 Å². The Morgan fingerprint density at radius 2 is 1.92 bits per heavy atom. The van der Waals surface area contributed by atoms with E-state index in [1.165, 1.54) is 0 Å². The quantitative estimate of drug-likeness (QED) is 0.275. The minimum absolute atomic E-state index is 0.129. The molecule has 0 aromatic heterocycles. The number of hydroxylamine groups is 1. The average Bonchev–Trinajstić information content (AvgIpc) is 2.59. The van der Waals surface area contributed by atoms with Gasteiger partial charge in [-0.3, -0.25) is 20.2 Å². The summed E-state index contributed by atoms with van der Waals surface area (Å²) >= 11 is 3.44. The van der Waals surface area contributed by atoms with Crippen molar-refractivity contribution in [1.82, 2.24) is 16.3 Å². The zero-order valence-electron chi connectivity index (χ0n) is 13.5. The van der Waals surface area contributed by atoms with Crippen molar-refractivity contribution < 1.29 is 19.5 Å². The fraction of sp³-hybridized carbons (Fsp3) is 0.375. The lowest BCUT2D eigenvalue weighted by molar-refractivity contribution is -0.129. The number of carbonyl (C=O) groups is 2. The Labute approximate surface area is 149 Å². The summed E-state index contributed by atoms with van der Waals surface area (Å²) in [6.07, 6.45) is 6.12. The third-order valence-corrected chi connectivity index (χ3v) is 3.92. The Balaban J connectivity index is 2.22. The van der Waals surface area contributed by atoms with Gasteiger partial charge in [-0.05, 0) is 42.7 Å². The number of benzene rings is 1. The number of hydrogen-bond donors (Lipinski definition) is 4. The van der Waals surface area contributed by atoms with Crippen molar-refractivity contribution in [2.45, 2.75) is 32.1 Å². The molecular weight excluding hydrogens is 378 g/mol. The van der Waals surface area contributed by atoms with E-state index in [2.05, 4.69) is 26.8 Å². The summed E-state index contributed by atoms with van der Waals surface area (Å²) in [6.45, 7) is 0. The van der Waals surface area contributed by atoms with E-state index in [1.807, 2.05) is 18.2 Å². The summed E-state index contributed by atoms with van der Waals surface area (Å²) in [4.78, 5) is 22.4. The van der Waals surface area contributed by atoms with Crippen LogP contribution in [0.25, 0.3) is 6.08 Å². The van der Waals surface area contributed by atoms with Crippen LogP contribution >= 0.6 is 15.9 Å². The van der Waals surface area contributed by atoms with Gasteiger partial charge in [0.1, 0.15) is 5.75 Å². The number of nitrogens with one attached hydrogen (secondary N) is 3. The molecule has 0 bridgehead atoms. The molecule has 0 atom stereocenters. The molecule has 0 saturated carbocycles. The van der Waals surface area contributed by atoms with E-state index in [-0.39, 0.29) is 12.3 Å². The number of hydrazine groups is 1. The van der Waals surface area contributed by atoms with E-state index >= 15 is 0 Å². The van der Waals surface area contributed by atoms with Crippen LogP contribution in [0, 0.1) is 0 Å². The number of halogens is 1. The lowest BCUT2D eigenvalue weighted by Crippen LogP contribution is -2.33. The fourth-order valence-electron chi connectivity index (χ4n) is 1.90. The van der Waals surface area contributed by atoms with Crippen LogP contribution in [0.5, 0.6) is 5.75 Å². The predicted molar refractivity (Wildman–Crippen MR) is 94.0 cm³/mol. The van der Waals surface area contributed by atoms with Gasteiger partial charge in [0.15, 0.2) is 0 Å². The molecule has 0 aliphatic rings. The molecule has 2 amide bonds. The first-order valence-corrected chi connectivity index (χ1v) is 8.33. The maximum atomic E-state index is 11.6. The van der Waals surface area contributed by atoms with Gasteiger partial charge in [0, 0.05) is 23.5 Å². The molecule has 1 rings (SSSR count). The Morgan fingerprint density at radius 1 is 1.21 bits per heavy atom. The van der Waals surface area contributed by atoms with Gasteiger partial charge >= 0.3 is 0 Å². The molecule has 0 radical (unpaired) electrons. The Bertz CT molecular complexity index is 578. The maximum Gasteiger partial charge on any atom is 0.243 e. The van der Waals surface area contributed by atoms with Crippen LogP contribution in [-0.2, 0) is 9.59 Å². The third kappa shape index (κ3) is 7.98. The third-order valence-electron chi connectivity index (χ3n) is 3.19. The van der Waals surface area contributed by atoms with Crippen LogP contribution in [0.1, 0.15) is 37.7 Å². The Morgan fingerprint density at radius 3 is 2.58 bits per heavy atom. The second-order valence-electron chi connectivity index (χ2n) is 5.01. The SMILES string of the molecule is COc1ccc(Br)c(/C=C/NNC(=O)CCCCCC(=O)NO)c1. The molecule has 1 aromatic rings. The Kier molecular flexibility index (Phi) is 9.55. The number of amides is 2. The van der Waals surface area contributed by atoms with Crippen LogP contribution in [0.3, 0.4) is 0 Å². The van der Waals surface area contributed by atoms with Crippen LogP contribution in [-0.4, -0.2) is 24.1 Å². The summed E-state index contributed by atoms with van der Waals surface area (Å²) in [7, 11) is 1.60. The normalized spacial score (nSPS) is 10.5. The van der Waals surface area contributed by atoms with E-state index in [0.717, 1.165) is 22.2 Å². The summed E-state index contributed by atoms with van der Waals surface area (Å²) < 4.78 is 6.07. The molecule has 0 heterocycles. The van der Waals surface area contributed by atoms with E-state index in [9.17, 15) is 9.59 Å². The minimum Gasteiger partial charge on any atom is -0.497 e. The van der Waals surface area contributed by atoms with Gasteiger partial charge in [-0.15, -0.1) is 0 Å². The zero-order chi connectivity index (χ0) is 17.8. The zero-order valence-corrected chi connectivity index (χ0v) is 15.1. The van der Waals surface area contributed by atoms with Gasteiger partial charge in [-0.25, -0.2) is 5.48 Å². The first kappa shape index (κ1) is 20.0. The number of methoxy groups -OCH3 is 1. The van der Waals surface area contributed by atoms with Gasteiger partial charge in [0.05, 0.1) is 7.11 Å². The lowest BCUT2D eigenvalue weighted by Gasteiger charge is -2.06. The highest BCUT2D eigenvalue weighted by Crippen LogP contribution is 2.23. The van der Waals surface area contributed by atoms with Crippen LogP contribution in [0.15, 0.2) is 28.9 Å². The van der Waals surface area contributed by atoms with Gasteiger partial charge in [0.2, 0.25) is 11.8 Å². The molecule has 4 N–H and O–H groups in total. The molecule has 1 aromatic carbocycles. The molecule has 8 heteroatoms. The highest BCUT2D eigenvalue weighted by molar-refractivity contribution is 9.10. The minimum atomic E-state index is -0.407. The largest absolute Gasteiger partial charge is 0.497 e. The molecular formula is C16H22BrN3O4. The maximum absolute atomic E-state index is 11.6. The second kappa shape index (κ2) is 11.5. The topological polar surface area (TPSA) is 99.7 Å². The number of ether oxygens (including phenoxy) is 1. The van der Waals surface area contributed by atoms with Crippen LogP contribution in [0.4, 0.5) is 0 Å². The number of hydrogen-bond acceptors (Lipinski definition) is 5. The summed E-state index contributed by atoms with van der Waals surface area (Å²) in [5.41, 5.74) is 7.79. The molecule has 0 aliphatic heterocycles. The molecule has 7 nitrogen and oxygen atoms in total. The summed E-state index contributed by atoms with van der Waals surface area (Å²) in [5, 5.41) is 8.34. The highest BCUT2D eigenvalue weighted by Gasteiger charge is 2.02. The molecule has 24 heavy (non-hydrogen) atoms. The average molecular weight is 400 g/mol. The molecule has 0 spiro atoms. The van der Waals surface area contributed by atoms with Crippen molar-refractivity contribution in [3.63, 3.8) is 0 Å². The highest BCUT2D eigenvalue weighted by atomic mass is 79.9. The van der Waals surface area contributed by atoms with E-state index < -0.39 is 5.91 Å². The van der Waals surface area contributed by atoms with Crippen molar-refractivity contribution in [2.75, 3.05) is 7.11 Å². The second-order valence-corrected chi connectivity index (χ2v) is 5.86. The molecule has 0 fully saturated rings. The molecule has 132 valence electrons. The number of carbonyl (C=O) groups excluding carboxylic acids is 2. The van der Waals surface area contributed by atoms with Gasteiger partial charge in [-0.1, -0.05) is 22.4 Å². The number of rotatable bonds is 10. The smallest absolute Gasteiger partial charge is 0.243 e. The standard InChI is InChI=1S/C16H22BrN3O4/c1-24-13-7-8-14(17)12(11-13)9-10-18-19-15(21)5-3-2-4-6-16(22)20-23/h7-11,18,23H,2-6H2,1H3,(H,19,21)(H,20,22)/b10-9+. The van der Waals surface area contributed by atoms with E-state index in [0.29, 0.717) is 19.3 Å². The van der Waals surface area contributed by atoms with Crippen molar-refractivity contribution in [3.8, 4) is 5.75 Å². The van der Waals surface area contributed by atoms with E-state index in [1.54, 1.807) is 24.9 Å². The van der Waals surface area contributed by atoms with Gasteiger partial charge in [0.25, 0.3) is 0 Å². The summed E-state index contributed by atoms with van der Waals surface area (Å²) in [5.74, 6) is 0.211. The predicted octanol–water partition coefficient (Wildman–Crippen LogP) is 2.51. The first-order valence-electron chi connectivity index (χ1n) is 7.54. The monoisotopic (exact) mass is 399 g/mol. The summed E-state index contributed by atoms with van der Waals surface area (Å²) in [6, 6.07) is 5.60. The van der Waals surface area contributed by atoms with E-state index in [4.69, 9.17) is 9.94 Å². The van der Waals surface area contributed by atoms with Crippen molar-refractivity contribution in [2.24, 2.45) is 0 Å². The Hall–Kier alpha value is -2.06. The van der Waals surface area contributed by atoms with Crippen LogP contribution < -0.4 is 21.1 Å². The van der Waals surface area contributed by atoms with Crippen LogP contribution in [0.2, 0.25) is 0 Å². The van der Waals surface area contributed by atoms with Crippen molar-refractivity contribution in [1.29, 1.82) is 0 Å². The van der Waals surface area contributed by atoms with Crippen molar-refractivity contribution in [3.05, 3.63) is 34.4 Å². The lowest BCUT2D eigenvalue weighted by atomic mass is 10.1. The van der Waals surface area contributed by atoms with Crippen molar-refractivity contribution >= 4 is 33.8 Å². The molecule has 0 aliphatic carbocycles.